The van der Waals surface area contributed by atoms with E-state index in [1.54, 1.807) is 23.9 Å². The smallest absolute Gasteiger partial charge is 0.410 e. The number of ether oxygens (including phenoxy) is 2. The van der Waals surface area contributed by atoms with Crippen LogP contribution < -0.4 is 0 Å². The molecule has 1 unspecified atom stereocenters. The summed E-state index contributed by atoms with van der Waals surface area (Å²) in [5.74, 6) is 0.0519. The Hall–Kier alpha value is -1.30. The molecule has 1 atom stereocenters. The van der Waals surface area contributed by atoms with Gasteiger partial charge in [-0.05, 0) is 40.0 Å². The Morgan fingerprint density at radius 2 is 1.91 bits per heavy atom. The van der Waals surface area contributed by atoms with Gasteiger partial charge in [-0.2, -0.15) is 0 Å². The highest BCUT2D eigenvalue weighted by Gasteiger charge is 2.38. The maximum Gasteiger partial charge on any atom is 0.410 e. The average Bonchev–Trinajstić information content (AvgIpc) is 2.45. The first-order valence-corrected chi connectivity index (χ1v) is 8.40. The molecule has 1 rings (SSSR count). The molecule has 6 nitrogen and oxygen atoms in total. The minimum Gasteiger partial charge on any atom is -0.444 e. The van der Waals surface area contributed by atoms with Gasteiger partial charge in [-0.1, -0.05) is 6.92 Å². The monoisotopic (exact) mass is 328 g/mol. The van der Waals surface area contributed by atoms with Gasteiger partial charge in [-0.3, -0.25) is 4.79 Å². The van der Waals surface area contributed by atoms with Crippen LogP contribution in [0.25, 0.3) is 0 Å². The maximum absolute atomic E-state index is 12.3. The maximum atomic E-state index is 12.3. The van der Waals surface area contributed by atoms with Crippen molar-refractivity contribution in [2.24, 2.45) is 0 Å². The Morgan fingerprint density at radius 3 is 2.43 bits per heavy atom. The summed E-state index contributed by atoms with van der Waals surface area (Å²) in [7, 11) is 3.48. The largest absolute Gasteiger partial charge is 0.444 e. The Kier molecular flexibility index (Phi) is 6.86. The molecule has 0 radical (unpaired) electrons. The van der Waals surface area contributed by atoms with Crippen LogP contribution in [0.2, 0.25) is 0 Å². The van der Waals surface area contributed by atoms with E-state index in [0.717, 1.165) is 19.3 Å². The van der Waals surface area contributed by atoms with Crippen molar-refractivity contribution >= 4 is 12.0 Å². The van der Waals surface area contributed by atoms with E-state index in [1.807, 2.05) is 20.8 Å². The number of nitrogens with zero attached hydrogens (tertiary/aromatic N) is 2. The molecule has 1 saturated heterocycles. The van der Waals surface area contributed by atoms with Crippen molar-refractivity contribution in [2.75, 3.05) is 33.8 Å². The van der Waals surface area contributed by atoms with Crippen molar-refractivity contribution in [1.29, 1.82) is 0 Å². The van der Waals surface area contributed by atoms with Crippen molar-refractivity contribution in [3.05, 3.63) is 0 Å². The van der Waals surface area contributed by atoms with Gasteiger partial charge in [0, 0.05) is 20.6 Å². The molecule has 23 heavy (non-hydrogen) atoms. The summed E-state index contributed by atoms with van der Waals surface area (Å²) in [4.78, 5) is 27.2. The zero-order chi connectivity index (χ0) is 17.7. The summed E-state index contributed by atoms with van der Waals surface area (Å²) >= 11 is 0. The summed E-state index contributed by atoms with van der Waals surface area (Å²) in [6, 6.07) is 0. The quantitative estimate of drug-likeness (QED) is 0.778. The number of carbonyl (C=O) groups is 2. The highest BCUT2D eigenvalue weighted by Crippen LogP contribution is 2.29. The van der Waals surface area contributed by atoms with E-state index in [0.29, 0.717) is 26.1 Å². The van der Waals surface area contributed by atoms with Crippen molar-refractivity contribution in [2.45, 2.75) is 64.6 Å². The van der Waals surface area contributed by atoms with Crippen LogP contribution in [0.5, 0.6) is 0 Å². The summed E-state index contributed by atoms with van der Waals surface area (Å²) in [5.41, 5.74) is -0.871. The van der Waals surface area contributed by atoms with E-state index >= 15 is 0 Å². The Balaban J connectivity index is 2.60. The molecular formula is C17H32N2O4. The van der Waals surface area contributed by atoms with Gasteiger partial charge in [0.05, 0.1) is 25.2 Å². The normalized spacial score (nSPS) is 21.9. The van der Waals surface area contributed by atoms with E-state index in [1.165, 1.54) is 0 Å². The molecule has 1 heterocycles. The second-order valence-corrected chi connectivity index (χ2v) is 7.43. The van der Waals surface area contributed by atoms with Crippen molar-refractivity contribution < 1.29 is 19.1 Å². The van der Waals surface area contributed by atoms with Crippen LogP contribution in [0.4, 0.5) is 4.79 Å². The zero-order valence-corrected chi connectivity index (χ0v) is 15.5. The van der Waals surface area contributed by atoms with E-state index < -0.39 is 5.60 Å². The lowest BCUT2D eigenvalue weighted by Crippen LogP contribution is -2.52. The highest BCUT2D eigenvalue weighted by atomic mass is 16.6. The fourth-order valence-electron chi connectivity index (χ4n) is 2.67. The Bertz CT molecular complexity index is 417. The number of rotatable bonds is 5. The van der Waals surface area contributed by atoms with E-state index in [-0.39, 0.29) is 17.6 Å². The van der Waals surface area contributed by atoms with Crippen LogP contribution >= 0.6 is 0 Å². The second kappa shape index (κ2) is 7.99. The van der Waals surface area contributed by atoms with Crippen LogP contribution in [0, 0.1) is 0 Å². The van der Waals surface area contributed by atoms with Crippen LogP contribution in [0.3, 0.4) is 0 Å². The SMILES string of the molecule is CCC1(OCCC(=O)N(C)C)CCCN(C(=O)OC(C)(C)C)C1. The standard InChI is InChI=1S/C17H32N2O4/c1-7-17(22-12-9-14(20)18(5)6)10-8-11-19(13-17)15(21)23-16(2,3)4/h7-13H2,1-6H3. The predicted molar refractivity (Wildman–Crippen MR) is 89.3 cm³/mol. The molecule has 0 spiro atoms. The summed E-state index contributed by atoms with van der Waals surface area (Å²) in [6.45, 7) is 9.26. The molecule has 2 amide bonds. The van der Waals surface area contributed by atoms with Gasteiger partial charge in [-0.25, -0.2) is 4.79 Å². The minimum atomic E-state index is -0.498. The lowest BCUT2D eigenvalue weighted by atomic mass is 9.90. The number of carbonyl (C=O) groups excluding carboxylic acids is 2. The van der Waals surface area contributed by atoms with Gasteiger partial charge in [0.1, 0.15) is 5.60 Å². The Morgan fingerprint density at radius 1 is 1.26 bits per heavy atom. The molecule has 0 saturated carbocycles. The average molecular weight is 328 g/mol. The molecule has 0 aromatic carbocycles. The molecule has 6 heteroatoms. The van der Waals surface area contributed by atoms with Gasteiger partial charge in [0.2, 0.25) is 5.91 Å². The van der Waals surface area contributed by atoms with E-state index in [9.17, 15) is 9.59 Å². The first kappa shape index (κ1) is 19.7. The number of likely N-dealkylation sites (tertiary alicyclic amines) is 1. The first-order valence-electron chi connectivity index (χ1n) is 8.40. The van der Waals surface area contributed by atoms with Gasteiger partial charge >= 0.3 is 6.09 Å². The van der Waals surface area contributed by atoms with E-state index in [2.05, 4.69) is 6.92 Å². The number of hydrogen-bond donors (Lipinski definition) is 0. The van der Waals surface area contributed by atoms with Crippen LogP contribution in [-0.4, -0.2) is 66.8 Å². The first-order chi connectivity index (χ1) is 10.6. The van der Waals surface area contributed by atoms with Crippen molar-refractivity contribution in [3.8, 4) is 0 Å². The molecule has 1 aliphatic rings. The van der Waals surface area contributed by atoms with Gasteiger partial charge < -0.3 is 19.3 Å². The van der Waals surface area contributed by atoms with Crippen molar-refractivity contribution in [3.63, 3.8) is 0 Å². The molecule has 0 aliphatic carbocycles. The minimum absolute atomic E-state index is 0.0519. The summed E-state index contributed by atoms with van der Waals surface area (Å²) in [6.07, 6.45) is 2.67. The molecule has 0 bridgehead atoms. The third-order valence-corrected chi connectivity index (χ3v) is 4.06. The zero-order valence-electron chi connectivity index (χ0n) is 15.5. The molecule has 0 N–H and O–H groups in total. The van der Waals surface area contributed by atoms with Crippen molar-refractivity contribution in [1.82, 2.24) is 9.80 Å². The second-order valence-electron chi connectivity index (χ2n) is 7.43. The molecule has 1 aliphatic heterocycles. The van der Waals surface area contributed by atoms with Gasteiger partial charge in [-0.15, -0.1) is 0 Å². The van der Waals surface area contributed by atoms with Gasteiger partial charge in [0.25, 0.3) is 0 Å². The third kappa shape index (κ3) is 6.37. The third-order valence-electron chi connectivity index (χ3n) is 4.06. The molecule has 0 aromatic rings. The fraction of sp³-hybridized carbons (Fsp3) is 0.882. The molecule has 0 aromatic heterocycles. The summed E-state index contributed by atoms with van der Waals surface area (Å²) in [5, 5.41) is 0. The topological polar surface area (TPSA) is 59.1 Å². The highest BCUT2D eigenvalue weighted by molar-refractivity contribution is 5.75. The van der Waals surface area contributed by atoms with Crippen LogP contribution in [0.15, 0.2) is 0 Å². The van der Waals surface area contributed by atoms with Gasteiger partial charge in [0.15, 0.2) is 0 Å². The van der Waals surface area contributed by atoms with Crippen LogP contribution in [0.1, 0.15) is 53.4 Å². The molecule has 1 fully saturated rings. The van der Waals surface area contributed by atoms with E-state index in [4.69, 9.17) is 9.47 Å². The number of hydrogen-bond acceptors (Lipinski definition) is 4. The lowest BCUT2D eigenvalue weighted by Gasteiger charge is -2.42. The fourth-order valence-corrected chi connectivity index (χ4v) is 2.67. The summed E-state index contributed by atoms with van der Waals surface area (Å²) < 4.78 is 11.5. The predicted octanol–water partition coefficient (Wildman–Crippen LogP) is 2.66. The molecule has 134 valence electrons. The Labute approximate surface area is 140 Å². The lowest BCUT2D eigenvalue weighted by molar-refractivity contribution is -0.134. The number of amides is 2. The molecular weight excluding hydrogens is 296 g/mol. The van der Waals surface area contributed by atoms with Crippen LogP contribution in [-0.2, 0) is 14.3 Å². The number of piperidine rings is 1.